The molecule has 2 aromatic rings. The Hall–Kier alpha value is -1.55. The first-order valence-electron chi connectivity index (χ1n) is 5.62. The maximum absolute atomic E-state index is 12.2. The van der Waals surface area contributed by atoms with E-state index in [1.54, 1.807) is 17.0 Å². The number of para-hydroxylation sites is 1. The molecule has 3 rings (SSSR count). The van der Waals surface area contributed by atoms with Gasteiger partial charge in [-0.3, -0.25) is 9.69 Å². The second kappa shape index (κ2) is 5.21. The Morgan fingerprint density at radius 3 is 2.58 bits per heavy atom. The average Bonchev–Trinajstić information content (AvgIpc) is 2.63. The predicted octanol–water partition coefficient (Wildman–Crippen LogP) is 3.44. The third kappa shape index (κ3) is 2.21. The summed E-state index contributed by atoms with van der Waals surface area (Å²) < 4.78 is 0. The molecule has 1 aliphatic rings. The van der Waals surface area contributed by atoms with Gasteiger partial charge in [-0.05, 0) is 24.3 Å². The zero-order valence-electron chi connectivity index (χ0n) is 9.92. The smallest absolute Gasteiger partial charge is 0.253 e. The highest BCUT2D eigenvalue weighted by Crippen LogP contribution is 2.39. The van der Waals surface area contributed by atoms with Gasteiger partial charge in [0.25, 0.3) is 5.91 Å². The van der Waals surface area contributed by atoms with Crippen LogP contribution in [0, 0.1) is 0 Å². The predicted molar refractivity (Wildman–Crippen MR) is 79.2 cm³/mol. The SMILES string of the molecule is Cl.NC1C(=O)N(c2cccc(Cl)c2)c2ccccc21. The number of hydrogen-bond donors (Lipinski definition) is 1. The van der Waals surface area contributed by atoms with Gasteiger partial charge >= 0.3 is 0 Å². The van der Waals surface area contributed by atoms with Crippen LogP contribution in [0.5, 0.6) is 0 Å². The molecule has 0 fully saturated rings. The van der Waals surface area contributed by atoms with Crippen molar-refractivity contribution in [2.45, 2.75) is 6.04 Å². The molecule has 0 bridgehead atoms. The Morgan fingerprint density at radius 2 is 1.84 bits per heavy atom. The molecule has 5 heteroatoms. The monoisotopic (exact) mass is 294 g/mol. The number of anilines is 2. The highest BCUT2D eigenvalue weighted by molar-refractivity contribution is 6.31. The summed E-state index contributed by atoms with van der Waals surface area (Å²) in [4.78, 5) is 13.8. The number of nitrogens with two attached hydrogens (primary N) is 1. The lowest BCUT2D eigenvalue weighted by atomic mass is 10.1. The first kappa shape index (κ1) is 13.9. The number of nitrogens with zero attached hydrogens (tertiary/aromatic N) is 1. The molecule has 0 saturated carbocycles. The normalized spacial score (nSPS) is 17.1. The summed E-state index contributed by atoms with van der Waals surface area (Å²) in [5.74, 6) is -0.126. The molecule has 0 saturated heterocycles. The average molecular weight is 295 g/mol. The fourth-order valence-electron chi connectivity index (χ4n) is 2.23. The van der Waals surface area contributed by atoms with E-state index in [-0.39, 0.29) is 18.3 Å². The number of halogens is 2. The van der Waals surface area contributed by atoms with E-state index in [0.29, 0.717) is 5.02 Å². The van der Waals surface area contributed by atoms with Gasteiger partial charge in [0.2, 0.25) is 0 Å². The first-order chi connectivity index (χ1) is 8.68. The second-order valence-corrected chi connectivity index (χ2v) is 4.63. The molecular formula is C14H12Cl2N2O. The van der Waals surface area contributed by atoms with Gasteiger partial charge in [-0.2, -0.15) is 0 Å². The molecule has 0 aromatic heterocycles. The zero-order chi connectivity index (χ0) is 12.7. The van der Waals surface area contributed by atoms with Gasteiger partial charge < -0.3 is 5.73 Å². The summed E-state index contributed by atoms with van der Waals surface area (Å²) in [6.07, 6.45) is 0. The fourth-order valence-corrected chi connectivity index (χ4v) is 2.41. The summed E-state index contributed by atoms with van der Waals surface area (Å²) in [5.41, 5.74) is 8.36. The van der Waals surface area contributed by atoms with Crippen molar-refractivity contribution in [3.05, 3.63) is 59.1 Å². The molecule has 0 radical (unpaired) electrons. The van der Waals surface area contributed by atoms with Crippen LogP contribution in [-0.2, 0) is 4.79 Å². The topological polar surface area (TPSA) is 46.3 Å². The van der Waals surface area contributed by atoms with Gasteiger partial charge in [0, 0.05) is 10.6 Å². The molecule has 98 valence electrons. The summed E-state index contributed by atoms with van der Waals surface area (Å²) in [6, 6.07) is 14.1. The quantitative estimate of drug-likeness (QED) is 0.876. The van der Waals surface area contributed by atoms with Crippen molar-refractivity contribution in [3.8, 4) is 0 Å². The van der Waals surface area contributed by atoms with Crippen LogP contribution < -0.4 is 10.6 Å². The molecule has 1 atom stereocenters. The Morgan fingerprint density at radius 1 is 1.11 bits per heavy atom. The van der Waals surface area contributed by atoms with E-state index in [9.17, 15) is 4.79 Å². The van der Waals surface area contributed by atoms with Crippen molar-refractivity contribution >= 4 is 41.3 Å². The van der Waals surface area contributed by atoms with Gasteiger partial charge in [-0.25, -0.2) is 0 Å². The molecular weight excluding hydrogens is 283 g/mol. The molecule has 1 aliphatic heterocycles. The fraction of sp³-hybridized carbons (Fsp3) is 0.0714. The number of rotatable bonds is 1. The first-order valence-corrected chi connectivity index (χ1v) is 6.00. The van der Waals surface area contributed by atoms with Gasteiger partial charge in [0.05, 0.1) is 11.4 Å². The highest BCUT2D eigenvalue weighted by atomic mass is 35.5. The van der Waals surface area contributed by atoms with Gasteiger partial charge in [-0.15, -0.1) is 12.4 Å². The lowest BCUT2D eigenvalue weighted by molar-refractivity contribution is -0.118. The van der Waals surface area contributed by atoms with E-state index in [4.69, 9.17) is 17.3 Å². The van der Waals surface area contributed by atoms with E-state index in [1.807, 2.05) is 36.4 Å². The molecule has 1 amide bonds. The number of hydrogen-bond acceptors (Lipinski definition) is 2. The molecule has 1 heterocycles. The van der Waals surface area contributed by atoms with Crippen LogP contribution in [0.2, 0.25) is 5.02 Å². The zero-order valence-corrected chi connectivity index (χ0v) is 11.5. The molecule has 1 unspecified atom stereocenters. The number of benzene rings is 2. The maximum atomic E-state index is 12.2. The van der Waals surface area contributed by atoms with Crippen LogP contribution >= 0.6 is 24.0 Å². The van der Waals surface area contributed by atoms with Crippen LogP contribution in [0.1, 0.15) is 11.6 Å². The number of carbonyl (C=O) groups is 1. The summed E-state index contributed by atoms with van der Waals surface area (Å²) in [5, 5.41) is 0.596. The van der Waals surface area contributed by atoms with Crippen molar-refractivity contribution < 1.29 is 4.79 Å². The van der Waals surface area contributed by atoms with Crippen LogP contribution in [0.4, 0.5) is 11.4 Å². The van der Waals surface area contributed by atoms with Crippen LogP contribution in [0.25, 0.3) is 0 Å². The lowest BCUT2D eigenvalue weighted by Gasteiger charge is -2.17. The van der Waals surface area contributed by atoms with Crippen molar-refractivity contribution in [2.75, 3.05) is 4.90 Å². The summed E-state index contributed by atoms with van der Waals surface area (Å²) in [6.45, 7) is 0. The number of carbonyl (C=O) groups excluding carboxylic acids is 1. The van der Waals surface area contributed by atoms with E-state index >= 15 is 0 Å². The minimum atomic E-state index is -0.597. The van der Waals surface area contributed by atoms with Crippen molar-refractivity contribution in [1.82, 2.24) is 0 Å². The Balaban J connectivity index is 0.00000133. The third-order valence-electron chi connectivity index (χ3n) is 3.07. The van der Waals surface area contributed by atoms with Crippen LogP contribution in [0.15, 0.2) is 48.5 Å². The third-order valence-corrected chi connectivity index (χ3v) is 3.30. The molecule has 19 heavy (non-hydrogen) atoms. The molecule has 2 aromatic carbocycles. The highest BCUT2D eigenvalue weighted by Gasteiger charge is 2.35. The van der Waals surface area contributed by atoms with Crippen LogP contribution in [0.3, 0.4) is 0 Å². The van der Waals surface area contributed by atoms with E-state index < -0.39 is 6.04 Å². The van der Waals surface area contributed by atoms with E-state index in [2.05, 4.69) is 0 Å². The Bertz CT molecular complexity index is 630. The Kier molecular flexibility index (Phi) is 3.80. The standard InChI is InChI=1S/C14H11ClN2O.ClH/c15-9-4-3-5-10(8-9)17-12-7-2-1-6-11(12)13(16)14(17)18;/h1-8,13H,16H2;1H. The minimum absolute atomic E-state index is 0. The van der Waals surface area contributed by atoms with Crippen molar-refractivity contribution in [2.24, 2.45) is 5.73 Å². The number of amides is 1. The molecule has 0 spiro atoms. The molecule has 0 aliphatic carbocycles. The maximum Gasteiger partial charge on any atom is 0.253 e. The van der Waals surface area contributed by atoms with Gasteiger partial charge in [0.15, 0.2) is 0 Å². The Labute approximate surface area is 122 Å². The van der Waals surface area contributed by atoms with E-state index in [1.165, 1.54) is 0 Å². The van der Waals surface area contributed by atoms with Crippen molar-refractivity contribution in [1.29, 1.82) is 0 Å². The molecule has 3 nitrogen and oxygen atoms in total. The summed E-state index contributed by atoms with van der Waals surface area (Å²) >= 11 is 5.97. The molecule has 2 N–H and O–H groups in total. The number of fused-ring (bicyclic) bond motifs is 1. The minimum Gasteiger partial charge on any atom is -0.316 e. The largest absolute Gasteiger partial charge is 0.316 e. The summed E-state index contributed by atoms with van der Waals surface area (Å²) in [7, 11) is 0. The lowest BCUT2D eigenvalue weighted by Crippen LogP contribution is -2.27. The van der Waals surface area contributed by atoms with Gasteiger partial charge in [0.1, 0.15) is 6.04 Å². The van der Waals surface area contributed by atoms with Crippen LogP contribution in [-0.4, -0.2) is 5.91 Å². The van der Waals surface area contributed by atoms with Gasteiger partial charge in [-0.1, -0.05) is 35.9 Å². The van der Waals surface area contributed by atoms with Crippen molar-refractivity contribution in [3.63, 3.8) is 0 Å². The van der Waals surface area contributed by atoms with E-state index in [0.717, 1.165) is 16.9 Å². The second-order valence-electron chi connectivity index (χ2n) is 4.19.